The Balaban J connectivity index is 2.28. The molecule has 19 heavy (non-hydrogen) atoms. The molecule has 3 rings (SSSR count). The van der Waals surface area contributed by atoms with Crippen LogP contribution in [0.25, 0.3) is 22.6 Å². The van der Waals surface area contributed by atoms with E-state index in [1.807, 2.05) is 38.1 Å². The van der Waals surface area contributed by atoms with Gasteiger partial charge in [0.2, 0.25) is 5.89 Å². The third-order valence-corrected chi connectivity index (χ3v) is 3.58. The van der Waals surface area contributed by atoms with Gasteiger partial charge < -0.3 is 10.2 Å². The van der Waals surface area contributed by atoms with Crippen molar-refractivity contribution in [3.63, 3.8) is 0 Å². The van der Waals surface area contributed by atoms with Crippen LogP contribution in [0.4, 0.5) is 5.69 Å². The average Bonchev–Trinajstić information content (AvgIpc) is 2.79. The minimum atomic E-state index is 0.552. The zero-order valence-corrected chi connectivity index (χ0v) is 11.5. The number of aryl methyl sites for hydroxylation is 1. The molecule has 0 bridgehead atoms. The highest BCUT2D eigenvalue weighted by Gasteiger charge is 2.14. The molecule has 0 radical (unpaired) electrons. The van der Waals surface area contributed by atoms with Crippen LogP contribution in [-0.2, 0) is 0 Å². The number of nitrogen functional groups attached to an aromatic ring is 1. The molecule has 3 nitrogen and oxygen atoms in total. The molecule has 0 fully saturated rings. The highest BCUT2D eigenvalue weighted by Crippen LogP contribution is 2.32. The first-order valence-corrected chi connectivity index (χ1v) is 6.36. The molecule has 0 saturated heterocycles. The van der Waals surface area contributed by atoms with E-state index in [-0.39, 0.29) is 0 Å². The minimum Gasteiger partial charge on any atom is -0.434 e. The smallest absolute Gasteiger partial charge is 0.227 e. The summed E-state index contributed by atoms with van der Waals surface area (Å²) < 4.78 is 5.78. The van der Waals surface area contributed by atoms with Gasteiger partial charge in [-0.2, -0.15) is 0 Å². The lowest BCUT2D eigenvalue weighted by atomic mass is 10.0. The number of para-hydroxylation sites is 1. The summed E-state index contributed by atoms with van der Waals surface area (Å²) in [6, 6.07) is 9.34. The summed E-state index contributed by atoms with van der Waals surface area (Å²) in [7, 11) is 0. The van der Waals surface area contributed by atoms with E-state index in [0.29, 0.717) is 22.2 Å². The fraction of sp³-hybridized carbons (Fsp3) is 0.133. The van der Waals surface area contributed by atoms with Crippen molar-refractivity contribution in [2.45, 2.75) is 13.8 Å². The number of nitrogens with zero attached hydrogens (tertiary/aromatic N) is 1. The first-order valence-electron chi connectivity index (χ1n) is 5.98. The summed E-state index contributed by atoms with van der Waals surface area (Å²) in [5.41, 5.74) is 11.1. The number of hydrogen-bond donors (Lipinski definition) is 1. The number of aromatic nitrogens is 1. The molecular formula is C15H13ClN2O. The van der Waals surface area contributed by atoms with E-state index in [4.69, 9.17) is 21.8 Å². The highest BCUT2D eigenvalue weighted by atomic mass is 35.5. The van der Waals surface area contributed by atoms with E-state index in [0.717, 1.165) is 22.2 Å². The minimum absolute atomic E-state index is 0.552. The van der Waals surface area contributed by atoms with E-state index >= 15 is 0 Å². The maximum atomic E-state index is 6.10. The highest BCUT2D eigenvalue weighted by molar-refractivity contribution is 6.34. The molecule has 2 N–H and O–H groups in total. The van der Waals surface area contributed by atoms with Crippen molar-refractivity contribution in [2.24, 2.45) is 0 Å². The summed E-state index contributed by atoms with van der Waals surface area (Å²) in [5.74, 6) is 0.552. The van der Waals surface area contributed by atoms with Crippen LogP contribution in [0.2, 0.25) is 5.02 Å². The monoisotopic (exact) mass is 272 g/mol. The number of nitrogens with two attached hydrogens (primary N) is 1. The number of halogens is 1. The standard InChI is InChI=1S/C15H13ClN2O/c1-8-6-10(17)7-11(9(8)2)15-18-13-5-3-4-12(16)14(13)19-15/h3-7H,17H2,1-2H3. The third-order valence-electron chi connectivity index (χ3n) is 3.29. The normalized spacial score (nSPS) is 11.1. The Kier molecular flexibility index (Phi) is 2.72. The Morgan fingerprint density at radius 3 is 2.74 bits per heavy atom. The Hall–Kier alpha value is -2.00. The van der Waals surface area contributed by atoms with Gasteiger partial charge in [0, 0.05) is 11.3 Å². The van der Waals surface area contributed by atoms with Crippen LogP contribution in [0, 0.1) is 13.8 Å². The largest absolute Gasteiger partial charge is 0.434 e. The Morgan fingerprint density at radius 2 is 2.00 bits per heavy atom. The van der Waals surface area contributed by atoms with Crippen molar-refractivity contribution < 1.29 is 4.42 Å². The molecule has 0 unspecified atom stereocenters. The molecule has 4 heteroatoms. The second kappa shape index (κ2) is 4.28. The Bertz CT molecular complexity index is 777. The van der Waals surface area contributed by atoms with E-state index in [1.54, 1.807) is 6.07 Å². The van der Waals surface area contributed by atoms with Crippen molar-refractivity contribution in [1.29, 1.82) is 0 Å². The number of anilines is 1. The van der Waals surface area contributed by atoms with Gasteiger partial charge in [0.25, 0.3) is 0 Å². The fourth-order valence-electron chi connectivity index (χ4n) is 2.14. The summed E-state index contributed by atoms with van der Waals surface area (Å²) in [5, 5.41) is 0.564. The predicted octanol–water partition coefficient (Wildman–Crippen LogP) is 4.35. The van der Waals surface area contributed by atoms with E-state index in [9.17, 15) is 0 Å². The van der Waals surface area contributed by atoms with E-state index < -0.39 is 0 Å². The van der Waals surface area contributed by atoms with Crippen LogP contribution in [0.5, 0.6) is 0 Å². The lowest BCUT2D eigenvalue weighted by Crippen LogP contribution is -1.92. The summed E-state index contributed by atoms with van der Waals surface area (Å²) >= 11 is 6.10. The van der Waals surface area contributed by atoms with Crippen molar-refractivity contribution in [3.05, 3.63) is 46.5 Å². The third kappa shape index (κ3) is 1.96. The topological polar surface area (TPSA) is 52.0 Å². The van der Waals surface area contributed by atoms with Gasteiger partial charge in [-0.1, -0.05) is 17.7 Å². The van der Waals surface area contributed by atoms with Crippen LogP contribution in [0.1, 0.15) is 11.1 Å². The average molecular weight is 273 g/mol. The van der Waals surface area contributed by atoms with Gasteiger partial charge in [0.15, 0.2) is 5.58 Å². The summed E-state index contributed by atoms with van der Waals surface area (Å²) in [6.07, 6.45) is 0. The van der Waals surface area contributed by atoms with Crippen molar-refractivity contribution in [1.82, 2.24) is 4.98 Å². The summed E-state index contributed by atoms with van der Waals surface area (Å²) in [4.78, 5) is 4.48. The quantitative estimate of drug-likeness (QED) is 0.670. The number of oxazole rings is 1. The molecule has 2 aromatic carbocycles. The lowest BCUT2D eigenvalue weighted by Gasteiger charge is -2.06. The molecule has 0 aliphatic heterocycles. The molecule has 96 valence electrons. The van der Waals surface area contributed by atoms with Gasteiger partial charge in [0.05, 0.1) is 5.02 Å². The molecule has 0 atom stereocenters. The molecule has 0 aliphatic rings. The van der Waals surface area contributed by atoms with E-state index in [1.165, 1.54) is 0 Å². The van der Waals surface area contributed by atoms with Gasteiger partial charge in [-0.05, 0) is 49.2 Å². The van der Waals surface area contributed by atoms with Gasteiger partial charge in [-0.15, -0.1) is 0 Å². The zero-order chi connectivity index (χ0) is 13.6. The predicted molar refractivity (Wildman–Crippen MR) is 78.3 cm³/mol. The molecule has 0 spiro atoms. The van der Waals surface area contributed by atoms with Crippen LogP contribution >= 0.6 is 11.6 Å². The van der Waals surface area contributed by atoms with Crippen molar-refractivity contribution in [3.8, 4) is 11.5 Å². The van der Waals surface area contributed by atoms with Crippen LogP contribution in [0.15, 0.2) is 34.7 Å². The molecule has 3 aromatic rings. The van der Waals surface area contributed by atoms with Crippen LogP contribution in [-0.4, -0.2) is 4.98 Å². The maximum absolute atomic E-state index is 6.10. The molecule has 0 aliphatic carbocycles. The number of rotatable bonds is 1. The van der Waals surface area contributed by atoms with Crippen molar-refractivity contribution in [2.75, 3.05) is 5.73 Å². The van der Waals surface area contributed by atoms with Gasteiger partial charge in [-0.25, -0.2) is 4.98 Å². The Morgan fingerprint density at radius 1 is 1.21 bits per heavy atom. The first-order chi connectivity index (χ1) is 9.06. The molecular weight excluding hydrogens is 260 g/mol. The van der Waals surface area contributed by atoms with Crippen LogP contribution < -0.4 is 5.73 Å². The molecule has 1 heterocycles. The number of hydrogen-bond acceptors (Lipinski definition) is 3. The van der Waals surface area contributed by atoms with Gasteiger partial charge >= 0.3 is 0 Å². The molecule has 0 amide bonds. The molecule has 1 aromatic heterocycles. The van der Waals surface area contributed by atoms with Crippen molar-refractivity contribution >= 4 is 28.4 Å². The summed E-state index contributed by atoms with van der Waals surface area (Å²) in [6.45, 7) is 4.05. The van der Waals surface area contributed by atoms with Gasteiger partial charge in [0.1, 0.15) is 5.52 Å². The lowest BCUT2D eigenvalue weighted by molar-refractivity contribution is 0.619. The second-order valence-electron chi connectivity index (χ2n) is 4.62. The number of fused-ring (bicyclic) bond motifs is 1. The first kappa shape index (κ1) is 12.1. The maximum Gasteiger partial charge on any atom is 0.227 e. The number of benzene rings is 2. The van der Waals surface area contributed by atoms with E-state index in [2.05, 4.69) is 4.98 Å². The Labute approximate surface area is 116 Å². The van der Waals surface area contributed by atoms with Crippen LogP contribution in [0.3, 0.4) is 0 Å². The van der Waals surface area contributed by atoms with Gasteiger partial charge in [-0.3, -0.25) is 0 Å². The fourth-order valence-corrected chi connectivity index (χ4v) is 2.35. The SMILES string of the molecule is Cc1cc(N)cc(-c2nc3cccc(Cl)c3o2)c1C. The zero-order valence-electron chi connectivity index (χ0n) is 10.7. The second-order valence-corrected chi connectivity index (χ2v) is 5.02. The molecule has 0 saturated carbocycles.